The molecule has 0 spiro atoms. The first-order valence-electron chi connectivity index (χ1n) is 10.7. The number of hydrogen-bond acceptors (Lipinski definition) is 3. The molecular weight excluding hydrogens is 356 g/mol. The number of hydrogen-bond donors (Lipinski definition) is 1. The zero-order valence-corrected chi connectivity index (χ0v) is 17.4. The lowest BCUT2D eigenvalue weighted by molar-refractivity contribution is 0.303. The molecule has 0 atom stereocenters. The van der Waals surface area contributed by atoms with Gasteiger partial charge in [-0.3, -0.25) is 0 Å². The van der Waals surface area contributed by atoms with Crippen molar-refractivity contribution in [3.8, 4) is 0 Å². The van der Waals surface area contributed by atoms with Crippen LogP contribution in [0.2, 0.25) is 0 Å². The van der Waals surface area contributed by atoms with Gasteiger partial charge < -0.3 is 14.8 Å². The fourth-order valence-corrected chi connectivity index (χ4v) is 4.11. The number of benzene rings is 2. The number of para-hydroxylation sites is 1. The second-order valence-corrected chi connectivity index (χ2v) is 7.45. The molecule has 0 saturated heterocycles. The minimum Gasteiger partial charge on any atom is -0.368 e. The molecule has 4 heteroatoms. The largest absolute Gasteiger partial charge is 0.368 e. The molecule has 0 radical (unpaired) electrons. The van der Waals surface area contributed by atoms with Crippen LogP contribution in [0.5, 0.6) is 0 Å². The van der Waals surface area contributed by atoms with E-state index in [2.05, 4.69) is 89.3 Å². The summed E-state index contributed by atoms with van der Waals surface area (Å²) in [6.45, 7) is 9.54. The van der Waals surface area contributed by atoms with Gasteiger partial charge in [-0.1, -0.05) is 62.4 Å². The minimum absolute atomic E-state index is 0.838. The van der Waals surface area contributed by atoms with Crippen LogP contribution < -0.4 is 5.32 Å². The van der Waals surface area contributed by atoms with Crippen molar-refractivity contribution < 1.29 is 0 Å². The molecule has 0 bridgehead atoms. The van der Waals surface area contributed by atoms with Crippen LogP contribution in [0.4, 0.5) is 5.82 Å². The highest BCUT2D eigenvalue weighted by molar-refractivity contribution is 6.11. The average molecular weight is 387 g/mol. The summed E-state index contributed by atoms with van der Waals surface area (Å²) in [7, 11) is 0. The number of anilines is 1. The molecule has 2 aromatic heterocycles. The van der Waals surface area contributed by atoms with Gasteiger partial charge >= 0.3 is 0 Å². The predicted molar refractivity (Wildman–Crippen MR) is 124 cm³/mol. The number of nitrogens with one attached hydrogen (secondary N) is 1. The fraction of sp³-hybridized carbons (Fsp3) is 0.320. The lowest BCUT2D eigenvalue weighted by atomic mass is 10.2. The fourth-order valence-electron chi connectivity index (χ4n) is 4.11. The Morgan fingerprint density at radius 3 is 2.45 bits per heavy atom. The highest BCUT2D eigenvalue weighted by Gasteiger charge is 2.15. The van der Waals surface area contributed by atoms with Crippen molar-refractivity contribution in [2.24, 2.45) is 0 Å². The van der Waals surface area contributed by atoms with Gasteiger partial charge in [0.1, 0.15) is 0 Å². The van der Waals surface area contributed by atoms with Crippen LogP contribution in [0.15, 0.2) is 66.9 Å². The van der Waals surface area contributed by atoms with Crippen molar-refractivity contribution in [3.05, 3.63) is 72.4 Å². The molecule has 0 unspecified atom stereocenters. The smallest absolute Gasteiger partial charge is 0.150 e. The zero-order valence-electron chi connectivity index (χ0n) is 17.4. The maximum Gasteiger partial charge on any atom is 0.150 e. The van der Waals surface area contributed by atoms with Crippen molar-refractivity contribution in [1.29, 1.82) is 0 Å². The van der Waals surface area contributed by atoms with E-state index >= 15 is 0 Å². The maximum atomic E-state index is 4.72. The van der Waals surface area contributed by atoms with E-state index in [0.717, 1.165) is 45.0 Å². The second kappa shape index (κ2) is 9.10. The van der Waals surface area contributed by atoms with E-state index in [-0.39, 0.29) is 0 Å². The monoisotopic (exact) mass is 386 g/mol. The van der Waals surface area contributed by atoms with Crippen LogP contribution in [-0.4, -0.2) is 40.6 Å². The van der Waals surface area contributed by atoms with Gasteiger partial charge in [-0.25, -0.2) is 4.98 Å². The van der Waals surface area contributed by atoms with Crippen LogP contribution in [-0.2, 0) is 6.54 Å². The lowest BCUT2D eigenvalue weighted by Gasteiger charge is -2.18. The zero-order chi connectivity index (χ0) is 20.1. The Kier molecular flexibility index (Phi) is 6.11. The first-order chi connectivity index (χ1) is 14.3. The number of aromatic nitrogens is 2. The van der Waals surface area contributed by atoms with Crippen molar-refractivity contribution in [3.63, 3.8) is 0 Å². The molecule has 29 heavy (non-hydrogen) atoms. The van der Waals surface area contributed by atoms with Crippen molar-refractivity contribution in [2.45, 2.75) is 26.8 Å². The maximum absolute atomic E-state index is 4.72. The summed E-state index contributed by atoms with van der Waals surface area (Å²) in [4.78, 5) is 7.18. The van der Waals surface area contributed by atoms with Crippen LogP contribution in [0.1, 0.15) is 25.8 Å². The molecule has 0 saturated carbocycles. The SMILES string of the molecule is CCN(CC)CCCNc1nccc2c3ccccc3n(Cc3ccccc3)c12. The standard InChI is InChI=1S/C25H30N4/c1-3-28(4-2)18-10-16-26-25-24-22(15-17-27-25)21-13-8-9-14-23(21)29(24)19-20-11-6-5-7-12-20/h5-9,11-15,17H,3-4,10,16,18-19H2,1-2H3,(H,26,27). The summed E-state index contributed by atoms with van der Waals surface area (Å²) in [5.41, 5.74) is 3.75. The summed E-state index contributed by atoms with van der Waals surface area (Å²) in [5.74, 6) is 0.981. The van der Waals surface area contributed by atoms with Crippen LogP contribution >= 0.6 is 0 Å². The van der Waals surface area contributed by atoms with Gasteiger partial charge in [0.2, 0.25) is 0 Å². The molecule has 0 aliphatic rings. The van der Waals surface area contributed by atoms with Gasteiger partial charge in [-0.2, -0.15) is 0 Å². The Balaban J connectivity index is 1.68. The minimum atomic E-state index is 0.838. The molecule has 0 aliphatic heterocycles. The Morgan fingerprint density at radius 1 is 0.897 bits per heavy atom. The molecular formula is C25H30N4. The molecule has 4 nitrogen and oxygen atoms in total. The summed E-state index contributed by atoms with van der Waals surface area (Å²) >= 11 is 0. The summed E-state index contributed by atoms with van der Waals surface area (Å²) in [6, 6.07) is 21.5. The van der Waals surface area contributed by atoms with Gasteiger partial charge in [0.05, 0.1) is 5.52 Å². The van der Waals surface area contributed by atoms with Gasteiger partial charge in [0.25, 0.3) is 0 Å². The third kappa shape index (κ3) is 4.13. The Bertz CT molecular complexity index is 1060. The Labute approximate surface area is 173 Å². The van der Waals surface area contributed by atoms with E-state index in [0.29, 0.717) is 0 Å². The van der Waals surface area contributed by atoms with Crippen molar-refractivity contribution in [2.75, 3.05) is 31.5 Å². The van der Waals surface area contributed by atoms with Gasteiger partial charge in [-0.15, -0.1) is 0 Å². The van der Waals surface area contributed by atoms with Crippen LogP contribution in [0.25, 0.3) is 21.8 Å². The summed E-state index contributed by atoms with van der Waals surface area (Å²) in [6.07, 6.45) is 3.03. The van der Waals surface area contributed by atoms with Gasteiger partial charge in [0.15, 0.2) is 5.82 Å². The number of fused-ring (bicyclic) bond motifs is 3. The molecule has 4 aromatic rings. The molecule has 2 heterocycles. The van der Waals surface area contributed by atoms with Crippen molar-refractivity contribution >= 4 is 27.6 Å². The molecule has 0 amide bonds. The van der Waals surface area contributed by atoms with E-state index in [1.807, 2.05) is 6.20 Å². The van der Waals surface area contributed by atoms with E-state index < -0.39 is 0 Å². The number of pyridine rings is 1. The molecule has 2 aromatic carbocycles. The first kappa shape index (κ1) is 19.5. The third-order valence-electron chi connectivity index (χ3n) is 5.70. The molecule has 150 valence electrons. The summed E-state index contributed by atoms with van der Waals surface area (Å²) in [5, 5.41) is 6.17. The van der Waals surface area contributed by atoms with E-state index in [4.69, 9.17) is 4.98 Å². The summed E-state index contributed by atoms with van der Waals surface area (Å²) < 4.78 is 2.40. The molecule has 4 rings (SSSR count). The van der Waals surface area contributed by atoms with E-state index in [9.17, 15) is 0 Å². The lowest BCUT2D eigenvalue weighted by Crippen LogP contribution is -2.25. The second-order valence-electron chi connectivity index (χ2n) is 7.45. The highest BCUT2D eigenvalue weighted by atomic mass is 15.1. The number of rotatable bonds is 9. The Hall–Kier alpha value is -2.85. The number of nitrogens with zero attached hydrogens (tertiary/aromatic N) is 3. The van der Waals surface area contributed by atoms with E-state index in [1.54, 1.807) is 0 Å². The van der Waals surface area contributed by atoms with Crippen LogP contribution in [0.3, 0.4) is 0 Å². The molecule has 0 fully saturated rings. The first-order valence-corrected chi connectivity index (χ1v) is 10.7. The van der Waals surface area contributed by atoms with Gasteiger partial charge in [-0.05, 0) is 43.8 Å². The van der Waals surface area contributed by atoms with Crippen LogP contribution in [0, 0.1) is 0 Å². The Morgan fingerprint density at radius 2 is 1.66 bits per heavy atom. The molecule has 0 aliphatic carbocycles. The highest BCUT2D eigenvalue weighted by Crippen LogP contribution is 2.33. The topological polar surface area (TPSA) is 33.1 Å². The van der Waals surface area contributed by atoms with E-state index in [1.165, 1.54) is 27.4 Å². The van der Waals surface area contributed by atoms with Crippen molar-refractivity contribution in [1.82, 2.24) is 14.5 Å². The quantitative estimate of drug-likeness (QED) is 0.392. The molecule has 1 N–H and O–H groups in total. The predicted octanol–water partition coefficient (Wildman–Crippen LogP) is 5.38. The average Bonchev–Trinajstić information content (AvgIpc) is 3.09. The van der Waals surface area contributed by atoms with Gasteiger partial charge in [0, 0.05) is 35.6 Å². The third-order valence-corrected chi connectivity index (χ3v) is 5.70. The normalized spacial score (nSPS) is 11.6.